The maximum atomic E-state index is 12.8. The Hall–Kier alpha value is -1.85. The summed E-state index contributed by atoms with van der Waals surface area (Å²) in [5.41, 5.74) is 3.07. The SMILES string of the molecule is CCn1nc(C)c(CN(C)C(=O)[C@H]2CCCC[C@H]2C(=O)O)c1C. The maximum absolute atomic E-state index is 12.8. The first kappa shape index (κ1) is 17.5. The number of nitrogens with zero attached hydrogens (tertiary/aromatic N) is 3. The van der Waals surface area contributed by atoms with Gasteiger partial charge < -0.3 is 10.0 Å². The molecule has 0 aromatic carbocycles. The summed E-state index contributed by atoms with van der Waals surface area (Å²) in [4.78, 5) is 25.8. The van der Waals surface area contributed by atoms with Crippen LogP contribution < -0.4 is 0 Å². The zero-order valence-corrected chi connectivity index (χ0v) is 14.5. The molecule has 0 saturated heterocycles. The monoisotopic (exact) mass is 321 g/mol. The second-order valence-corrected chi connectivity index (χ2v) is 6.50. The molecule has 1 saturated carbocycles. The van der Waals surface area contributed by atoms with Crippen molar-refractivity contribution in [3.63, 3.8) is 0 Å². The predicted octanol–water partition coefficient (Wildman–Crippen LogP) is 2.37. The number of carboxylic acid groups (broad SMARTS) is 1. The molecule has 1 aliphatic carbocycles. The second kappa shape index (κ2) is 7.15. The standard InChI is InChI=1S/C17H27N3O3/c1-5-20-12(3)15(11(2)18-20)10-19(4)16(21)13-8-6-7-9-14(13)17(22)23/h13-14H,5-10H2,1-4H3,(H,22,23)/t13-,14+/m0/s1. The summed E-state index contributed by atoms with van der Waals surface area (Å²) < 4.78 is 1.93. The minimum atomic E-state index is -0.845. The van der Waals surface area contributed by atoms with Crippen LogP contribution in [0.15, 0.2) is 0 Å². The molecule has 2 rings (SSSR count). The van der Waals surface area contributed by atoms with Crippen molar-refractivity contribution < 1.29 is 14.7 Å². The summed E-state index contributed by atoms with van der Waals surface area (Å²) in [6.07, 6.45) is 3.10. The van der Waals surface area contributed by atoms with Crippen LogP contribution in [0.4, 0.5) is 0 Å². The molecule has 1 fully saturated rings. The number of hydrogen-bond donors (Lipinski definition) is 1. The van der Waals surface area contributed by atoms with E-state index in [1.165, 1.54) is 0 Å². The van der Waals surface area contributed by atoms with Crippen LogP contribution in [0.2, 0.25) is 0 Å². The van der Waals surface area contributed by atoms with Gasteiger partial charge in [0.2, 0.25) is 5.91 Å². The van der Waals surface area contributed by atoms with Gasteiger partial charge in [0.15, 0.2) is 0 Å². The van der Waals surface area contributed by atoms with Crippen molar-refractivity contribution in [3.8, 4) is 0 Å². The van der Waals surface area contributed by atoms with Crippen LogP contribution in [-0.4, -0.2) is 38.7 Å². The quantitative estimate of drug-likeness (QED) is 0.903. The number of carboxylic acids is 1. The molecule has 0 unspecified atom stereocenters. The van der Waals surface area contributed by atoms with E-state index in [9.17, 15) is 14.7 Å². The molecule has 1 aromatic rings. The number of aromatic nitrogens is 2. The van der Waals surface area contributed by atoms with Crippen LogP contribution in [0, 0.1) is 25.7 Å². The second-order valence-electron chi connectivity index (χ2n) is 6.50. The Morgan fingerprint density at radius 1 is 1.26 bits per heavy atom. The Labute approximate surface area is 137 Å². The van der Waals surface area contributed by atoms with E-state index in [1.54, 1.807) is 11.9 Å². The average Bonchev–Trinajstić information content (AvgIpc) is 2.81. The Morgan fingerprint density at radius 2 is 1.87 bits per heavy atom. The molecular formula is C17H27N3O3. The zero-order valence-electron chi connectivity index (χ0n) is 14.5. The highest BCUT2D eigenvalue weighted by Gasteiger charge is 2.37. The van der Waals surface area contributed by atoms with E-state index in [0.29, 0.717) is 19.4 Å². The molecule has 6 heteroatoms. The lowest BCUT2D eigenvalue weighted by molar-refractivity contribution is -0.152. The first-order valence-electron chi connectivity index (χ1n) is 8.37. The number of aryl methyl sites for hydroxylation is 2. The van der Waals surface area contributed by atoms with Crippen LogP contribution in [0.5, 0.6) is 0 Å². The van der Waals surface area contributed by atoms with E-state index in [2.05, 4.69) is 5.10 Å². The van der Waals surface area contributed by atoms with Gasteiger partial charge >= 0.3 is 5.97 Å². The Kier molecular flexibility index (Phi) is 5.44. The van der Waals surface area contributed by atoms with E-state index in [0.717, 1.165) is 36.3 Å². The third-order valence-electron chi connectivity index (χ3n) is 5.00. The van der Waals surface area contributed by atoms with Crippen molar-refractivity contribution in [2.24, 2.45) is 11.8 Å². The van der Waals surface area contributed by atoms with E-state index >= 15 is 0 Å². The fourth-order valence-corrected chi connectivity index (χ4v) is 3.59. The highest BCUT2D eigenvalue weighted by Crippen LogP contribution is 2.32. The number of rotatable bonds is 5. The topological polar surface area (TPSA) is 75.4 Å². The van der Waals surface area contributed by atoms with Gasteiger partial charge in [-0.05, 0) is 33.6 Å². The summed E-state index contributed by atoms with van der Waals surface area (Å²) in [6.45, 7) is 7.29. The van der Waals surface area contributed by atoms with Crippen LogP contribution in [-0.2, 0) is 22.7 Å². The highest BCUT2D eigenvalue weighted by atomic mass is 16.4. The number of carbonyl (C=O) groups is 2. The van der Waals surface area contributed by atoms with Gasteiger partial charge in [-0.2, -0.15) is 5.10 Å². The third kappa shape index (κ3) is 3.57. The summed E-state index contributed by atoms with van der Waals surface area (Å²) in [6, 6.07) is 0. The summed E-state index contributed by atoms with van der Waals surface area (Å²) in [5.74, 6) is -1.84. The molecule has 1 amide bonds. The Balaban J connectivity index is 2.13. The van der Waals surface area contributed by atoms with E-state index in [4.69, 9.17) is 0 Å². The van der Waals surface area contributed by atoms with Gasteiger partial charge in [-0.3, -0.25) is 14.3 Å². The Bertz CT molecular complexity index is 594. The van der Waals surface area contributed by atoms with Crippen LogP contribution in [0.25, 0.3) is 0 Å². The van der Waals surface area contributed by atoms with Crippen molar-refractivity contribution in [2.75, 3.05) is 7.05 Å². The predicted molar refractivity (Wildman–Crippen MR) is 86.9 cm³/mol. The molecule has 1 aromatic heterocycles. The molecule has 128 valence electrons. The fraction of sp³-hybridized carbons (Fsp3) is 0.706. The molecule has 0 bridgehead atoms. The van der Waals surface area contributed by atoms with Gasteiger partial charge in [-0.25, -0.2) is 0 Å². The molecular weight excluding hydrogens is 294 g/mol. The maximum Gasteiger partial charge on any atom is 0.307 e. The highest BCUT2D eigenvalue weighted by molar-refractivity contribution is 5.84. The van der Waals surface area contributed by atoms with Gasteiger partial charge in [-0.15, -0.1) is 0 Å². The normalized spacial score (nSPS) is 21.2. The minimum absolute atomic E-state index is 0.0554. The van der Waals surface area contributed by atoms with E-state index < -0.39 is 17.8 Å². The molecule has 6 nitrogen and oxygen atoms in total. The average molecular weight is 321 g/mol. The van der Waals surface area contributed by atoms with Gasteiger partial charge in [0.05, 0.1) is 17.5 Å². The third-order valence-corrected chi connectivity index (χ3v) is 5.00. The molecule has 1 N–H and O–H groups in total. The largest absolute Gasteiger partial charge is 0.481 e. The van der Waals surface area contributed by atoms with Crippen molar-refractivity contribution in [3.05, 3.63) is 17.0 Å². The lowest BCUT2D eigenvalue weighted by atomic mass is 9.78. The van der Waals surface area contributed by atoms with Crippen LogP contribution >= 0.6 is 0 Å². The number of amides is 1. The van der Waals surface area contributed by atoms with Gasteiger partial charge in [0, 0.05) is 31.4 Å². The van der Waals surface area contributed by atoms with Crippen molar-refractivity contribution >= 4 is 11.9 Å². The lowest BCUT2D eigenvalue weighted by Gasteiger charge is -2.31. The fourth-order valence-electron chi connectivity index (χ4n) is 3.59. The molecule has 0 aliphatic heterocycles. The summed E-state index contributed by atoms with van der Waals surface area (Å²) in [5, 5.41) is 13.8. The summed E-state index contributed by atoms with van der Waals surface area (Å²) >= 11 is 0. The number of hydrogen-bond acceptors (Lipinski definition) is 3. The van der Waals surface area contributed by atoms with Crippen molar-refractivity contribution in [2.45, 2.75) is 59.5 Å². The molecule has 1 heterocycles. The van der Waals surface area contributed by atoms with E-state index in [1.807, 2.05) is 25.5 Å². The zero-order chi connectivity index (χ0) is 17.1. The van der Waals surface area contributed by atoms with Gasteiger partial charge in [0.1, 0.15) is 0 Å². The molecule has 0 spiro atoms. The number of carbonyl (C=O) groups excluding carboxylic acids is 1. The van der Waals surface area contributed by atoms with Gasteiger partial charge in [-0.1, -0.05) is 12.8 Å². The molecule has 2 atom stereocenters. The summed E-state index contributed by atoms with van der Waals surface area (Å²) in [7, 11) is 1.76. The first-order valence-corrected chi connectivity index (χ1v) is 8.37. The molecule has 23 heavy (non-hydrogen) atoms. The van der Waals surface area contributed by atoms with E-state index in [-0.39, 0.29) is 5.91 Å². The smallest absolute Gasteiger partial charge is 0.307 e. The molecule has 1 aliphatic rings. The van der Waals surface area contributed by atoms with Crippen LogP contribution in [0.1, 0.15) is 49.6 Å². The van der Waals surface area contributed by atoms with Crippen molar-refractivity contribution in [1.82, 2.24) is 14.7 Å². The Morgan fingerprint density at radius 3 is 2.39 bits per heavy atom. The molecule has 0 radical (unpaired) electrons. The first-order chi connectivity index (χ1) is 10.9. The number of aliphatic carboxylic acids is 1. The lowest BCUT2D eigenvalue weighted by Crippen LogP contribution is -2.40. The minimum Gasteiger partial charge on any atom is -0.481 e. The van der Waals surface area contributed by atoms with Gasteiger partial charge in [0.25, 0.3) is 0 Å². The van der Waals surface area contributed by atoms with Crippen LogP contribution in [0.3, 0.4) is 0 Å². The van der Waals surface area contributed by atoms with Crippen molar-refractivity contribution in [1.29, 1.82) is 0 Å².